The lowest BCUT2D eigenvalue weighted by molar-refractivity contribution is 0.0993. The summed E-state index contributed by atoms with van der Waals surface area (Å²) in [5, 5.41) is 0. The van der Waals surface area contributed by atoms with Crippen LogP contribution in [0.3, 0.4) is 0 Å². The van der Waals surface area contributed by atoms with Gasteiger partial charge in [0.05, 0.1) is 7.11 Å². The number of carbonyl (C=O) groups is 1. The number of rotatable bonds is 4. The minimum Gasteiger partial charge on any atom is -0.497 e. The second-order valence-corrected chi connectivity index (χ2v) is 5.74. The molecule has 0 aliphatic rings. The molecule has 2 nitrogen and oxygen atoms in total. The van der Waals surface area contributed by atoms with Gasteiger partial charge in [-0.2, -0.15) is 0 Å². The molecule has 0 bridgehead atoms. The zero-order valence-electron chi connectivity index (χ0n) is 10.8. The first-order chi connectivity index (χ1) is 8.60. The molecule has 0 saturated carbocycles. The van der Waals surface area contributed by atoms with Crippen molar-refractivity contribution in [2.45, 2.75) is 20.3 Å². The van der Waals surface area contributed by atoms with E-state index < -0.39 is 0 Å². The highest BCUT2D eigenvalue weighted by Gasteiger charge is 2.12. The van der Waals surface area contributed by atoms with Crippen molar-refractivity contribution >= 4 is 17.1 Å². The van der Waals surface area contributed by atoms with Gasteiger partial charge in [0.2, 0.25) is 0 Å². The number of aryl methyl sites for hydroxylation is 2. The molecule has 0 radical (unpaired) electrons. The van der Waals surface area contributed by atoms with Crippen LogP contribution in [0.15, 0.2) is 30.3 Å². The van der Waals surface area contributed by atoms with Crippen molar-refractivity contribution in [1.82, 2.24) is 0 Å². The standard InChI is InChI=1S/C15H16O2S/c1-10-8-14(11(2)18-10)15(16)9-12-4-6-13(17-3)7-5-12/h4-8H,9H2,1-3H3. The Morgan fingerprint density at radius 1 is 1.22 bits per heavy atom. The van der Waals surface area contributed by atoms with E-state index in [2.05, 4.69) is 0 Å². The van der Waals surface area contributed by atoms with Gasteiger partial charge in [0, 0.05) is 21.7 Å². The lowest BCUT2D eigenvalue weighted by Crippen LogP contribution is -2.03. The van der Waals surface area contributed by atoms with Crippen molar-refractivity contribution in [3.63, 3.8) is 0 Å². The molecule has 0 amide bonds. The molecule has 0 saturated heterocycles. The number of thiophene rings is 1. The fourth-order valence-electron chi connectivity index (χ4n) is 1.93. The molecule has 0 aliphatic heterocycles. The zero-order valence-corrected chi connectivity index (χ0v) is 11.6. The zero-order chi connectivity index (χ0) is 13.1. The number of Topliss-reactive ketones (excluding diaryl/α,β-unsaturated/α-hetero) is 1. The lowest BCUT2D eigenvalue weighted by Gasteiger charge is -2.03. The maximum Gasteiger partial charge on any atom is 0.168 e. The van der Waals surface area contributed by atoms with Gasteiger partial charge in [-0.25, -0.2) is 0 Å². The second-order valence-electron chi connectivity index (χ2n) is 4.27. The van der Waals surface area contributed by atoms with Crippen LogP contribution in [0.25, 0.3) is 0 Å². The summed E-state index contributed by atoms with van der Waals surface area (Å²) >= 11 is 1.67. The minimum atomic E-state index is 0.182. The normalized spacial score (nSPS) is 10.4. The number of benzene rings is 1. The Balaban J connectivity index is 2.13. The van der Waals surface area contributed by atoms with Crippen LogP contribution >= 0.6 is 11.3 Å². The lowest BCUT2D eigenvalue weighted by atomic mass is 10.0. The van der Waals surface area contributed by atoms with E-state index in [1.807, 2.05) is 44.2 Å². The van der Waals surface area contributed by atoms with E-state index in [0.717, 1.165) is 21.8 Å². The highest BCUT2D eigenvalue weighted by molar-refractivity contribution is 7.12. The summed E-state index contributed by atoms with van der Waals surface area (Å²) in [6.45, 7) is 4.03. The predicted molar refractivity (Wildman–Crippen MR) is 74.8 cm³/mol. The Hall–Kier alpha value is -1.61. The molecule has 1 heterocycles. The van der Waals surface area contributed by atoms with Gasteiger partial charge in [-0.05, 0) is 37.6 Å². The Kier molecular flexibility index (Phi) is 3.82. The molecule has 2 aromatic rings. The van der Waals surface area contributed by atoms with Crippen LogP contribution in [0.2, 0.25) is 0 Å². The van der Waals surface area contributed by atoms with E-state index in [4.69, 9.17) is 4.74 Å². The summed E-state index contributed by atoms with van der Waals surface area (Å²) in [6.07, 6.45) is 0.445. The van der Waals surface area contributed by atoms with E-state index in [0.29, 0.717) is 6.42 Å². The van der Waals surface area contributed by atoms with Crippen molar-refractivity contribution in [3.05, 3.63) is 51.2 Å². The molecule has 18 heavy (non-hydrogen) atoms. The Morgan fingerprint density at radius 3 is 2.39 bits per heavy atom. The molecule has 94 valence electrons. The average Bonchev–Trinajstić information content (AvgIpc) is 2.69. The van der Waals surface area contributed by atoms with Gasteiger partial charge < -0.3 is 4.74 Å². The molecule has 2 rings (SSSR count). The Labute approximate surface area is 111 Å². The number of carbonyl (C=O) groups excluding carboxylic acids is 1. The maximum atomic E-state index is 12.2. The third-order valence-corrected chi connectivity index (χ3v) is 3.83. The second kappa shape index (κ2) is 5.36. The monoisotopic (exact) mass is 260 g/mol. The first-order valence-corrected chi connectivity index (χ1v) is 6.65. The number of methoxy groups -OCH3 is 1. The van der Waals surface area contributed by atoms with Crippen LogP contribution in [0.5, 0.6) is 5.75 Å². The third kappa shape index (κ3) is 2.79. The Morgan fingerprint density at radius 2 is 1.89 bits per heavy atom. The molecule has 0 N–H and O–H groups in total. The largest absolute Gasteiger partial charge is 0.497 e. The van der Waals surface area contributed by atoms with Gasteiger partial charge in [-0.1, -0.05) is 12.1 Å². The average molecular weight is 260 g/mol. The summed E-state index contributed by atoms with van der Waals surface area (Å²) in [5.41, 5.74) is 1.87. The summed E-state index contributed by atoms with van der Waals surface area (Å²) in [5.74, 6) is 0.996. The van der Waals surface area contributed by atoms with Crippen LogP contribution in [0.1, 0.15) is 25.7 Å². The van der Waals surface area contributed by atoms with Crippen molar-refractivity contribution in [3.8, 4) is 5.75 Å². The summed E-state index contributed by atoms with van der Waals surface area (Å²) < 4.78 is 5.10. The predicted octanol–water partition coefficient (Wildman–Crippen LogP) is 3.80. The van der Waals surface area contributed by atoms with Crippen molar-refractivity contribution in [1.29, 1.82) is 0 Å². The smallest absolute Gasteiger partial charge is 0.168 e. The van der Waals surface area contributed by atoms with Gasteiger partial charge in [-0.3, -0.25) is 4.79 Å². The van der Waals surface area contributed by atoms with Gasteiger partial charge in [-0.15, -0.1) is 11.3 Å². The highest BCUT2D eigenvalue weighted by Crippen LogP contribution is 2.22. The fourth-order valence-corrected chi connectivity index (χ4v) is 2.87. The first kappa shape index (κ1) is 12.8. The summed E-state index contributed by atoms with van der Waals surface area (Å²) in [4.78, 5) is 14.5. The van der Waals surface area contributed by atoms with Gasteiger partial charge in [0.25, 0.3) is 0 Å². The molecule has 0 aliphatic carbocycles. The molecular formula is C15H16O2S. The van der Waals surface area contributed by atoms with Crippen LogP contribution in [-0.4, -0.2) is 12.9 Å². The van der Waals surface area contributed by atoms with Crippen LogP contribution in [0, 0.1) is 13.8 Å². The fraction of sp³-hybridized carbons (Fsp3) is 0.267. The molecule has 1 aromatic heterocycles. The molecule has 0 unspecified atom stereocenters. The number of hydrogen-bond acceptors (Lipinski definition) is 3. The molecule has 0 spiro atoms. The summed E-state index contributed by atoms with van der Waals surface area (Å²) in [6, 6.07) is 9.62. The van der Waals surface area contributed by atoms with E-state index in [-0.39, 0.29) is 5.78 Å². The van der Waals surface area contributed by atoms with Gasteiger partial charge in [0.15, 0.2) is 5.78 Å². The molecule has 0 atom stereocenters. The van der Waals surface area contributed by atoms with E-state index in [1.165, 1.54) is 4.88 Å². The van der Waals surface area contributed by atoms with E-state index >= 15 is 0 Å². The first-order valence-electron chi connectivity index (χ1n) is 5.83. The van der Waals surface area contributed by atoms with Crippen molar-refractivity contribution in [2.24, 2.45) is 0 Å². The number of ketones is 1. The van der Waals surface area contributed by atoms with Gasteiger partial charge in [0.1, 0.15) is 5.75 Å². The van der Waals surface area contributed by atoms with Crippen molar-refractivity contribution < 1.29 is 9.53 Å². The number of ether oxygens (including phenoxy) is 1. The van der Waals surface area contributed by atoms with Crippen LogP contribution in [-0.2, 0) is 6.42 Å². The maximum absolute atomic E-state index is 12.2. The topological polar surface area (TPSA) is 26.3 Å². The Bertz CT molecular complexity index is 552. The molecule has 3 heteroatoms. The highest BCUT2D eigenvalue weighted by atomic mass is 32.1. The van der Waals surface area contributed by atoms with E-state index in [9.17, 15) is 4.79 Å². The summed E-state index contributed by atoms with van der Waals surface area (Å²) in [7, 11) is 1.64. The SMILES string of the molecule is COc1ccc(CC(=O)c2cc(C)sc2C)cc1. The van der Waals surface area contributed by atoms with Crippen molar-refractivity contribution in [2.75, 3.05) is 7.11 Å². The molecular weight excluding hydrogens is 244 g/mol. The van der Waals surface area contributed by atoms with Gasteiger partial charge >= 0.3 is 0 Å². The van der Waals surface area contributed by atoms with Crippen LogP contribution < -0.4 is 4.74 Å². The minimum absolute atomic E-state index is 0.182. The quantitative estimate of drug-likeness (QED) is 0.782. The van der Waals surface area contributed by atoms with Crippen LogP contribution in [0.4, 0.5) is 0 Å². The third-order valence-electron chi connectivity index (χ3n) is 2.87. The molecule has 1 aromatic carbocycles. The molecule has 0 fully saturated rings. The van der Waals surface area contributed by atoms with E-state index in [1.54, 1.807) is 18.4 Å². The number of hydrogen-bond donors (Lipinski definition) is 0.